The number of rotatable bonds is 13. The predicted octanol–water partition coefficient (Wildman–Crippen LogP) is 8.33. The molecule has 0 atom stereocenters. The lowest BCUT2D eigenvalue weighted by Crippen LogP contribution is -2.37. The van der Waals surface area contributed by atoms with Gasteiger partial charge in [0.1, 0.15) is 18.0 Å². The van der Waals surface area contributed by atoms with Crippen molar-refractivity contribution in [1.29, 1.82) is 0 Å². The summed E-state index contributed by atoms with van der Waals surface area (Å²) in [5, 5.41) is 2.26. The lowest BCUT2D eigenvalue weighted by molar-refractivity contribution is -0.669. The zero-order chi connectivity index (χ0) is 27.2. The number of hydrogen-bond donors (Lipinski definition) is 0. The number of para-hydroxylation sites is 2. The summed E-state index contributed by atoms with van der Waals surface area (Å²) in [6.07, 6.45) is 3.22. The second kappa shape index (κ2) is 12.7. The van der Waals surface area contributed by atoms with Crippen molar-refractivity contribution >= 4 is 21.8 Å². The van der Waals surface area contributed by atoms with Gasteiger partial charge in [-0.1, -0.05) is 77.9 Å². The summed E-state index contributed by atoms with van der Waals surface area (Å²) in [4.78, 5) is 0. The third-order valence-electron chi connectivity index (χ3n) is 7.43. The number of imidazole rings is 1. The number of ether oxygens (including phenoxy) is 2. The molecule has 0 unspecified atom stereocenters. The third kappa shape index (κ3) is 6.51. The highest BCUT2D eigenvalue weighted by atomic mass is 16.5. The van der Waals surface area contributed by atoms with E-state index in [0.717, 1.165) is 61.2 Å². The van der Waals surface area contributed by atoms with Crippen molar-refractivity contribution in [1.82, 2.24) is 4.57 Å². The van der Waals surface area contributed by atoms with Gasteiger partial charge in [-0.3, -0.25) is 0 Å². The van der Waals surface area contributed by atoms with Gasteiger partial charge in [0.05, 0.1) is 19.8 Å². The van der Waals surface area contributed by atoms with Gasteiger partial charge in [0, 0.05) is 23.3 Å². The van der Waals surface area contributed by atoms with Gasteiger partial charge in [-0.05, 0) is 55.2 Å². The van der Waals surface area contributed by atoms with E-state index in [9.17, 15) is 0 Å². The van der Waals surface area contributed by atoms with Crippen LogP contribution in [-0.2, 0) is 13.1 Å². The fourth-order valence-corrected chi connectivity index (χ4v) is 5.03. The Morgan fingerprint density at radius 1 is 0.737 bits per heavy atom. The molecule has 4 aromatic rings. The van der Waals surface area contributed by atoms with Gasteiger partial charge in [-0.25, -0.2) is 9.13 Å². The maximum Gasteiger partial charge on any atom is 0.254 e. The first-order chi connectivity index (χ1) is 18.3. The molecule has 4 nitrogen and oxygen atoms in total. The molecule has 0 aliphatic carbocycles. The van der Waals surface area contributed by atoms with E-state index >= 15 is 0 Å². The van der Waals surface area contributed by atoms with Gasteiger partial charge < -0.3 is 9.47 Å². The molecule has 3 aromatic carbocycles. The maximum absolute atomic E-state index is 6.59. The summed E-state index contributed by atoms with van der Waals surface area (Å²) in [5.74, 6) is 5.08. The average molecular weight is 516 g/mol. The number of aryl methyl sites for hydroxylation is 1. The monoisotopic (exact) mass is 515 g/mol. The summed E-state index contributed by atoms with van der Waals surface area (Å²) in [5.41, 5.74) is 3.73. The largest absolute Gasteiger partial charge is 0.493 e. The maximum atomic E-state index is 6.59. The molecule has 0 saturated heterocycles. The Morgan fingerprint density at radius 2 is 1.34 bits per heavy atom. The molecule has 4 heteroatoms. The van der Waals surface area contributed by atoms with Crippen molar-refractivity contribution in [2.75, 3.05) is 13.2 Å². The molecule has 38 heavy (non-hydrogen) atoms. The van der Waals surface area contributed by atoms with Gasteiger partial charge in [0.15, 0.2) is 11.0 Å². The second-order valence-electron chi connectivity index (χ2n) is 11.9. The number of benzene rings is 3. The van der Waals surface area contributed by atoms with E-state index in [0.29, 0.717) is 24.4 Å². The highest BCUT2D eigenvalue weighted by molar-refractivity contribution is 5.94. The Morgan fingerprint density at radius 3 is 2.03 bits per heavy atom. The van der Waals surface area contributed by atoms with Gasteiger partial charge in [0.2, 0.25) is 0 Å². The van der Waals surface area contributed by atoms with E-state index in [2.05, 4.69) is 112 Å². The number of nitrogens with zero attached hydrogens (tertiary/aromatic N) is 2. The first-order valence-corrected chi connectivity index (χ1v) is 14.5. The molecule has 204 valence electrons. The smallest absolute Gasteiger partial charge is 0.254 e. The molecule has 1 heterocycles. The standard InChI is InChI=1S/C34H47N2O2/c1-24(2)16-19-35-27(7)36(32-15-11-10-14-31(32)35)23-28-22-33(37-20-17-25(3)4)29-12-8-9-13-30(29)34(28)38-21-18-26(5)6/h8-15,22,24-26H,16-21,23H2,1-7H3/q+1. The van der Waals surface area contributed by atoms with Crippen LogP contribution in [0.1, 0.15) is 72.2 Å². The second-order valence-corrected chi connectivity index (χ2v) is 11.9. The normalized spacial score (nSPS) is 11.9. The quantitative estimate of drug-likeness (QED) is 0.167. The van der Waals surface area contributed by atoms with Crippen LogP contribution in [0.2, 0.25) is 0 Å². The zero-order valence-electron chi connectivity index (χ0n) is 24.6. The molecule has 0 amide bonds. The topological polar surface area (TPSA) is 27.3 Å². The predicted molar refractivity (Wildman–Crippen MR) is 159 cm³/mol. The Kier molecular flexibility index (Phi) is 9.35. The molecule has 0 N–H and O–H groups in total. The van der Waals surface area contributed by atoms with E-state index in [1.165, 1.54) is 22.4 Å². The number of hydrogen-bond acceptors (Lipinski definition) is 2. The van der Waals surface area contributed by atoms with Crippen molar-refractivity contribution in [2.24, 2.45) is 17.8 Å². The number of aromatic nitrogens is 2. The van der Waals surface area contributed by atoms with E-state index in [4.69, 9.17) is 9.47 Å². The van der Waals surface area contributed by atoms with Crippen molar-refractivity contribution in [3.63, 3.8) is 0 Å². The van der Waals surface area contributed by atoms with Crippen molar-refractivity contribution in [3.8, 4) is 11.5 Å². The molecule has 0 aliphatic rings. The van der Waals surface area contributed by atoms with E-state index < -0.39 is 0 Å². The fraction of sp³-hybridized carbons (Fsp3) is 0.500. The van der Waals surface area contributed by atoms with Crippen LogP contribution in [0.15, 0.2) is 54.6 Å². The Bertz CT molecular complexity index is 1350. The van der Waals surface area contributed by atoms with Gasteiger partial charge in [-0.2, -0.15) is 0 Å². The van der Waals surface area contributed by atoms with Gasteiger partial charge in [-0.15, -0.1) is 0 Å². The first-order valence-electron chi connectivity index (χ1n) is 14.5. The molecule has 0 saturated carbocycles. The van der Waals surface area contributed by atoms with Gasteiger partial charge >= 0.3 is 0 Å². The lowest BCUT2D eigenvalue weighted by Gasteiger charge is -2.18. The van der Waals surface area contributed by atoms with Crippen LogP contribution in [0.3, 0.4) is 0 Å². The van der Waals surface area contributed by atoms with E-state index in [-0.39, 0.29) is 0 Å². The minimum absolute atomic E-state index is 0.596. The Hall–Kier alpha value is -3.01. The van der Waals surface area contributed by atoms with Crippen LogP contribution in [0.4, 0.5) is 0 Å². The highest BCUT2D eigenvalue weighted by Gasteiger charge is 2.24. The summed E-state index contributed by atoms with van der Waals surface area (Å²) in [6.45, 7) is 19.0. The number of fused-ring (bicyclic) bond motifs is 2. The summed E-state index contributed by atoms with van der Waals surface area (Å²) >= 11 is 0. The molecule has 0 fully saturated rings. The summed E-state index contributed by atoms with van der Waals surface area (Å²) in [6, 6.07) is 19.6. The van der Waals surface area contributed by atoms with Crippen LogP contribution in [0.5, 0.6) is 11.5 Å². The Balaban J connectivity index is 1.82. The van der Waals surface area contributed by atoms with Crippen LogP contribution >= 0.6 is 0 Å². The molecule has 0 bridgehead atoms. The van der Waals surface area contributed by atoms with Gasteiger partial charge in [0.25, 0.3) is 5.82 Å². The van der Waals surface area contributed by atoms with Crippen LogP contribution in [0, 0.1) is 24.7 Å². The molecule has 1 aromatic heterocycles. The lowest BCUT2D eigenvalue weighted by atomic mass is 10.0. The summed E-state index contributed by atoms with van der Waals surface area (Å²) < 4.78 is 18.0. The van der Waals surface area contributed by atoms with Crippen LogP contribution in [-0.4, -0.2) is 17.8 Å². The van der Waals surface area contributed by atoms with Crippen LogP contribution < -0.4 is 14.0 Å². The molecule has 0 radical (unpaired) electrons. The average Bonchev–Trinajstić information content (AvgIpc) is 3.14. The summed E-state index contributed by atoms with van der Waals surface area (Å²) in [7, 11) is 0. The molecular formula is C34H47N2O2+. The molecular weight excluding hydrogens is 468 g/mol. The van der Waals surface area contributed by atoms with Crippen molar-refractivity contribution in [2.45, 2.75) is 80.8 Å². The van der Waals surface area contributed by atoms with E-state index in [1.54, 1.807) is 0 Å². The third-order valence-corrected chi connectivity index (χ3v) is 7.43. The molecule has 4 rings (SSSR count). The van der Waals surface area contributed by atoms with Crippen LogP contribution in [0.25, 0.3) is 21.8 Å². The van der Waals surface area contributed by atoms with Crippen molar-refractivity contribution < 1.29 is 14.0 Å². The molecule has 0 spiro atoms. The minimum Gasteiger partial charge on any atom is -0.493 e. The highest BCUT2D eigenvalue weighted by Crippen LogP contribution is 2.37. The zero-order valence-corrected chi connectivity index (χ0v) is 24.6. The van der Waals surface area contributed by atoms with Crippen molar-refractivity contribution in [3.05, 3.63) is 66.0 Å². The fourth-order valence-electron chi connectivity index (χ4n) is 5.03. The minimum atomic E-state index is 0.596. The molecule has 0 aliphatic heterocycles. The SMILES string of the molecule is Cc1n(CCC(C)C)c2ccccc2[n+]1Cc1cc(OCCC(C)C)c2ccccc2c1OCCC(C)C. The Labute approximate surface area is 229 Å². The first kappa shape index (κ1) is 28.0. The van der Waals surface area contributed by atoms with E-state index in [1.807, 2.05) is 0 Å².